The highest BCUT2D eigenvalue weighted by atomic mass is 19.4. The highest BCUT2D eigenvalue weighted by Crippen LogP contribution is 2.35. The number of carbonyl (C=O) groups excluding carboxylic acids is 2. The molecule has 0 radical (unpaired) electrons. The van der Waals surface area contributed by atoms with Gasteiger partial charge in [0.1, 0.15) is 17.6 Å². The molecule has 2 N–H and O–H groups in total. The number of amides is 1. The predicted molar refractivity (Wildman–Crippen MR) is 147 cm³/mol. The molecule has 0 spiro atoms. The van der Waals surface area contributed by atoms with Gasteiger partial charge in [0.2, 0.25) is 5.91 Å². The van der Waals surface area contributed by atoms with Gasteiger partial charge in [-0.1, -0.05) is 47.1 Å². The number of hydrogen-bond donors (Lipinski definition) is 1. The van der Waals surface area contributed by atoms with Gasteiger partial charge in [0, 0.05) is 37.3 Å². The molecule has 2 rings (SSSR count). The number of halogens is 6. The molecule has 1 amide bonds. The third kappa shape index (κ3) is 9.24. The Labute approximate surface area is 243 Å². The van der Waals surface area contributed by atoms with E-state index in [9.17, 15) is 35.9 Å². The molecule has 0 bridgehead atoms. The smallest absolute Gasteiger partial charge is 0.430 e. The Balaban J connectivity index is 2.41. The summed E-state index contributed by atoms with van der Waals surface area (Å²) >= 11 is 0. The lowest BCUT2D eigenvalue weighted by molar-refractivity contribution is -0.146. The van der Waals surface area contributed by atoms with Crippen LogP contribution in [0, 0.1) is 23.4 Å². The van der Waals surface area contributed by atoms with Crippen LogP contribution in [0.5, 0.6) is 0 Å². The van der Waals surface area contributed by atoms with Crippen molar-refractivity contribution in [2.75, 3.05) is 19.6 Å². The van der Waals surface area contributed by atoms with Crippen molar-refractivity contribution >= 4 is 11.9 Å². The van der Waals surface area contributed by atoms with Gasteiger partial charge in [0.15, 0.2) is 11.6 Å². The van der Waals surface area contributed by atoms with Crippen molar-refractivity contribution in [1.82, 2.24) is 9.80 Å². The van der Waals surface area contributed by atoms with E-state index in [1.165, 1.54) is 4.90 Å². The number of alkyl halides is 3. The van der Waals surface area contributed by atoms with Gasteiger partial charge >= 0.3 is 12.1 Å². The molecule has 2 atom stereocenters. The van der Waals surface area contributed by atoms with Crippen molar-refractivity contribution in [3.63, 3.8) is 0 Å². The van der Waals surface area contributed by atoms with Crippen LogP contribution >= 0.6 is 0 Å². The summed E-state index contributed by atoms with van der Waals surface area (Å²) in [6.45, 7) is 9.87. The molecule has 1 aromatic rings. The fraction of sp³-hybridized carbons (Fsp3) is 0.600. The monoisotopic (exact) mass is 605 g/mol. The Morgan fingerprint density at radius 1 is 1.02 bits per heavy atom. The van der Waals surface area contributed by atoms with Gasteiger partial charge < -0.3 is 20.3 Å². The molecule has 1 aliphatic heterocycles. The minimum Gasteiger partial charge on any atom is -0.459 e. The molecular formula is C30H41F6N3O3. The molecule has 0 aliphatic carbocycles. The van der Waals surface area contributed by atoms with E-state index in [1.54, 1.807) is 13.8 Å². The lowest BCUT2D eigenvalue weighted by Crippen LogP contribution is -2.50. The fourth-order valence-electron chi connectivity index (χ4n) is 4.95. The molecule has 6 nitrogen and oxygen atoms in total. The lowest BCUT2D eigenvalue weighted by atomic mass is 9.94. The zero-order chi connectivity index (χ0) is 31.8. The highest BCUT2D eigenvalue weighted by molar-refractivity contribution is 5.90. The minimum absolute atomic E-state index is 0.0248. The number of nitrogens with zero attached hydrogens (tertiary/aromatic N) is 2. The minimum atomic E-state index is -4.79. The van der Waals surface area contributed by atoms with E-state index in [-0.39, 0.29) is 49.3 Å². The van der Waals surface area contributed by atoms with E-state index in [0.29, 0.717) is 31.4 Å². The van der Waals surface area contributed by atoms with Crippen molar-refractivity contribution in [2.24, 2.45) is 11.7 Å². The van der Waals surface area contributed by atoms with E-state index in [2.05, 4.69) is 6.58 Å². The Kier molecular flexibility index (Phi) is 12.9. The number of allylic oxidation sites excluding steroid dienone is 1. The van der Waals surface area contributed by atoms with Gasteiger partial charge in [-0.3, -0.25) is 4.79 Å². The number of ether oxygens (including phenoxy) is 1. The van der Waals surface area contributed by atoms with Crippen molar-refractivity contribution < 1.29 is 40.7 Å². The van der Waals surface area contributed by atoms with Crippen LogP contribution in [-0.2, 0) is 20.7 Å². The quantitative estimate of drug-likeness (QED) is 0.122. The van der Waals surface area contributed by atoms with E-state index >= 15 is 0 Å². The van der Waals surface area contributed by atoms with Gasteiger partial charge in [-0.05, 0) is 43.2 Å². The van der Waals surface area contributed by atoms with E-state index < -0.39 is 59.3 Å². The number of piperazine rings is 1. The summed E-state index contributed by atoms with van der Waals surface area (Å²) in [6.07, 6.45) is -2.68. The van der Waals surface area contributed by atoms with Crippen LogP contribution in [0.25, 0.3) is 0 Å². The standard InChI is InChI=1S/C30H41F6N3O3/c1-6-9-22(10-7-2)42-29(41)28(18(4)8-3)26-17-38(11-12-39(26)19(5)30(34,35)36)27(40)15-21(37)13-20-14-24(32)25(33)16-23(20)31/h14,16,18,21-22H,5-13,15,17,37H2,1-4H3/b28-26+. The molecule has 1 heterocycles. The topological polar surface area (TPSA) is 75.9 Å². The summed E-state index contributed by atoms with van der Waals surface area (Å²) in [5.41, 5.74) is 4.68. The van der Waals surface area contributed by atoms with E-state index in [4.69, 9.17) is 10.5 Å². The van der Waals surface area contributed by atoms with Gasteiger partial charge in [0.05, 0.1) is 12.1 Å². The van der Waals surface area contributed by atoms with Crippen LogP contribution in [0.4, 0.5) is 26.3 Å². The van der Waals surface area contributed by atoms with Crippen LogP contribution in [0.1, 0.15) is 71.8 Å². The number of nitrogens with two attached hydrogens (primary N) is 1. The first-order valence-electron chi connectivity index (χ1n) is 14.3. The number of esters is 1. The molecule has 1 saturated heterocycles. The zero-order valence-corrected chi connectivity index (χ0v) is 24.6. The van der Waals surface area contributed by atoms with Crippen LogP contribution < -0.4 is 5.73 Å². The second-order valence-electron chi connectivity index (χ2n) is 10.7. The number of hydrogen-bond acceptors (Lipinski definition) is 5. The van der Waals surface area contributed by atoms with Crippen LogP contribution in [-0.4, -0.2) is 59.6 Å². The molecule has 236 valence electrons. The molecule has 1 fully saturated rings. The maximum absolute atomic E-state index is 14.1. The van der Waals surface area contributed by atoms with Crippen molar-refractivity contribution in [3.05, 3.63) is 58.7 Å². The number of rotatable bonds is 13. The highest BCUT2D eigenvalue weighted by Gasteiger charge is 2.41. The van der Waals surface area contributed by atoms with Gasteiger partial charge in [0.25, 0.3) is 0 Å². The normalized spacial score (nSPS) is 16.9. The van der Waals surface area contributed by atoms with Gasteiger partial charge in [-0.2, -0.15) is 13.2 Å². The summed E-state index contributed by atoms with van der Waals surface area (Å²) in [7, 11) is 0. The summed E-state index contributed by atoms with van der Waals surface area (Å²) in [4.78, 5) is 29.0. The first kappa shape index (κ1) is 35.2. The first-order valence-corrected chi connectivity index (χ1v) is 14.3. The van der Waals surface area contributed by atoms with Crippen molar-refractivity contribution in [2.45, 2.75) is 91.0 Å². The predicted octanol–water partition coefficient (Wildman–Crippen LogP) is 6.40. The summed E-state index contributed by atoms with van der Waals surface area (Å²) in [5.74, 6) is -5.40. The Hall–Kier alpha value is -3.02. The average Bonchev–Trinajstić information content (AvgIpc) is 2.91. The van der Waals surface area contributed by atoms with Crippen molar-refractivity contribution in [1.29, 1.82) is 0 Å². The SMILES string of the molecule is C=C(N1CCN(C(=O)CC(N)Cc2cc(F)c(F)cc2F)C/C1=C(\C(=O)OC(CCC)CCC)C(C)CC)C(F)(F)F. The van der Waals surface area contributed by atoms with Crippen LogP contribution in [0.2, 0.25) is 0 Å². The molecule has 42 heavy (non-hydrogen) atoms. The molecular weight excluding hydrogens is 564 g/mol. The second kappa shape index (κ2) is 15.5. The number of benzene rings is 1. The van der Waals surface area contributed by atoms with E-state index in [0.717, 1.165) is 17.7 Å². The molecule has 2 unspecified atom stereocenters. The average molecular weight is 606 g/mol. The third-order valence-electron chi connectivity index (χ3n) is 7.40. The lowest BCUT2D eigenvalue weighted by Gasteiger charge is -2.41. The summed E-state index contributed by atoms with van der Waals surface area (Å²) in [5, 5.41) is 0. The zero-order valence-electron chi connectivity index (χ0n) is 24.6. The summed E-state index contributed by atoms with van der Waals surface area (Å²) in [6, 6.07) is 0.0749. The van der Waals surface area contributed by atoms with Gasteiger partial charge in [-0.15, -0.1) is 0 Å². The molecule has 0 saturated carbocycles. The number of carbonyl (C=O) groups is 2. The largest absolute Gasteiger partial charge is 0.459 e. The first-order chi connectivity index (χ1) is 19.6. The van der Waals surface area contributed by atoms with E-state index in [1.807, 2.05) is 13.8 Å². The van der Waals surface area contributed by atoms with Crippen molar-refractivity contribution in [3.8, 4) is 0 Å². The van der Waals surface area contributed by atoms with Crippen LogP contribution in [0.15, 0.2) is 35.7 Å². The molecule has 1 aliphatic rings. The maximum Gasteiger partial charge on any atom is 0.430 e. The Morgan fingerprint density at radius 3 is 2.17 bits per heavy atom. The Bertz CT molecular complexity index is 1150. The molecule has 1 aromatic carbocycles. The van der Waals surface area contributed by atoms with Gasteiger partial charge in [-0.25, -0.2) is 18.0 Å². The second-order valence-corrected chi connectivity index (χ2v) is 10.7. The molecule has 0 aromatic heterocycles. The summed E-state index contributed by atoms with van der Waals surface area (Å²) < 4.78 is 88.2. The maximum atomic E-state index is 14.1. The fourth-order valence-corrected chi connectivity index (χ4v) is 4.95. The third-order valence-corrected chi connectivity index (χ3v) is 7.40. The Morgan fingerprint density at radius 2 is 1.62 bits per heavy atom. The van der Waals surface area contributed by atoms with Crippen LogP contribution in [0.3, 0.4) is 0 Å². The molecule has 12 heteroatoms.